The number of hydrogen-bond donors (Lipinski definition) is 2. The van der Waals surface area contributed by atoms with Crippen LogP contribution in [0.2, 0.25) is 5.02 Å². The Hall–Kier alpha value is -3.65. The smallest absolute Gasteiger partial charge is 0.206 e. The minimum absolute atomic E-state index is 0.182. The van der Waals surface area contributed by atoms with Crippen LogP contribution >= 0.6 is 11.6 Å². The second-order valence-corrected chi connectivity index (χ2v) is 6.83. The van der Waals surface area contributed by atoms with E-state index < -0.39 is 0 Å². The van der Waals surface area contributed by atoms with Gasteiger partial charge in [0.25, 0.3) is 0 Å². The van der Waals surface area contributed by atoms with Crippen LogP contribution in [0.15, 0.2) is 64.5 Å². The van der Waals surface area contributed by atoms with Gasteiger partial charge in [0.1, 0.15) is 13.7 Å². The minimum Gasteiger partial charge on any atom is -0.399 e. The van der Waals surface area contributed by atoms with Crippen molar-refractivity contribution >= 4 is 35.7 Å². The van der Waals surface area contributed by atoms with E-state index in [4.69, 9.17) is 31.8 Å². The van der Waals surface area contributed by atoms with Gasteiger partial charge in [-0.3, -0.25) is 9.59 Å². The number of carbonyl (C=O) groups is 2. The quantitative estimate of drug-likeness (QED) is 0.175. The average molecular weight is 489 g/mol. The van der Waals surface area contributed by atoms with E-state index in [1.54, 1.807) is 31.3 Å². The highest BCUT2D eigenvalue weighted by atomic mass is 35.5. The van der Waals surface area contributed by atoms with Crippen LogP contribution < -0.4 is 11.1 Å². The summed E-state index contributed by atoms with van der Waals surface area (Å²) in [5, 5.41) is 10.6. The summed E-state index contributed by atoms with van der Waals surface area (Å²) in [6.45, 7) is 8.06. The molecular weight excluding hydrogens is 456 g/mol. The minimum atomic E-state index is -0.242. The highest BCUT2D eigenvalue weighted by Gasteiger charge is 2.09. The lowest BCUT2D eigenvalue weighted by atomic mass is 10.00. The van der Waals surface area contributed by atoms with Gasteiger partial charge < -0.3 is 20.7 Å². The van der Waals surface area contributed by atoms with Crippen molar-refractivity contribution in [3.05, 3.63) is 81.5 Å². The van der Waals surface area contributed by atoms with E-state index in [9.17, 15) is 4.79 Å². The van der Waals surface area contributed by atoms with E-state index in [0.29, 0.717) is 17.0 Å². The molecule has 0 spiro atoms. The van der Waals surface area contributed by atoms with Crippen molar-refractivity contribution in [3.63, 3.8) is 0 Å². The van der Waals surface area contributed by atoms with E-state index in [2.05, 4.69) is 15.6 Å². The van der Waals surface area contributed by atoms with Crippen molar-refractivity contribution in [2.75, 3.05) is 14.2 Å². The summed E-state index contributed by atoms with van der Waals surface area (Å²) in [5.41, 5.74) is 10.1. The first-order valence-corrected chi connectivity index (χ1v) is 10.9. The van der Waals surface area contributed by atoms with Gasteiger partial charge in [-0.15, -0.1) is 0 Å². The lowest BCUT2D eigenvalue weighted by molar-refractivity contribution is -0.109. The molecule has 0 aliphatic carbocycles. The number of carbonyl (C=O) groups excluding carboxylic acids is 2. The molecule has 0 aliphatic heterocycles. The van der Waals surface area contributed by atoms with E-state index in [0.717, 1.165) is 22.4 Å². The number of ketones is 1. The van der Waals surface area contributed by atoms with Gasteiger partial charge in [-0.25, -0.2) is 0 Å². The fraction of sp³-hybridized carbons (Fsp3) is 0.280. The summed E-state index contributed by atoms with van der Waals surface area (Å²) in [7, 11) is 3.06. The molecule has 0 fully saturated rings. The van der Waals surface area contributed by atoms with Crippen LogP contribution in [0.4, 0.5) is 0 Å². The number of rotatable bonds is 9. The number of nitrogens with one attached hydrogen (secondary N) is 1. The lowest BCUT2D eigenvalue weighted by Crippen LogP contribution is -2.06. The summed E-state index contributed by atoms with van der Waals surface area (Å²) in [4.78, 5) is 31.4. The third-order valence-electron chi connectivity index (χ3n) is 4.06. The zero-order valence-corrected chi connectivity index (χ0v) is 21.2. The Kier molecular flexibility index (Phi) is 15.9. The van der Waals surface area contributed by atoms with E-state index in [1.165, 1.54) is 19.4 Å². The topological polar surface area (TPSA) is 115 Å². The Morgan fingerprint density at radius 2 is 1.79 bits per heavy atom. The molecule has 34 heavy (non-hydrogen) atoms. The Morgan fingerprint density at radius 3 is 2.35 bits per heavy atom. The number of hydrogen-bond acceptors (Lipinski definition) is 7. The summed E-state index contributed by atoms with van der Waals surface area (Å²) in [6.07, 6.45) is 3.20. The van der Waals surface area contributed by atoms with Gasteiger partial charge in [-0.1, -0.05) is 54.0 Å². The summed E-state index contributed by atoms with van der Waals surface area (Å²) >= 11 is 5.81. The van der Waals surface area contributed by atoms with Crippen molar-refractivity contribution in [1.29, 1.82) is 0 Å². The molecule has 2 aromatic carbocycles. The van der Waals surface area contributed by atoms with E-state index >= 15 is 0 Å². The van der Waals surface area contributed by atoms with Crippen molar-refractivity contribution < 1.29 is 19.3 Å². The van der Waals surface area contributed by atoms with Crippen LogP contribution in [-0.4, -0.2) is 38.3 Å². The Balaban J connectivity index is 0.00000164. The predicted octanol–water partition coefficient (Wildman–Crippen LogP) is 4.64. The molecule has 0 heterocycles. The highest BCUT2D eigenvalue weighted by molar-refractivity contribution is 6.30. The molecule has 0 bridgehead atoms. The third-order valence-corrected chi connectivity index (χ3v) is 4.31. The van der Waals surface area contributed by atoms with Crippen LogP contribution in [0.25, 0.3) is 0 Å². The molecule has 0 aromatic heterocycles. The molecule has 3 N–H and O–H groups in total. The molecule has 184 valence electrons. The number of aryl methyl sites for hydroxylation is 1. The maximum atomic E-state index is 12.1. The van der Waals surface area contributed by atoms with Crippen LogP contribution in [0.5, 0.6) is 0 Å². The number of oxime groups is 2. The fourth-order valence-corrected chi connectivity index (χ4v) is 2.63. The number of amides is 1. The summed E-state index contributed by atoms with van der Waals surface area (Å²) in [5.74, 6) is -0.242. The van der Waals surface area contributed by atoms with Gasteiger partial charge in [0, 0.05) is 34.8 Å². The van der Waals surface area contributed by atoms with Gasteiger partial charge in [-0.05, 0) is 43.7 Å². The number of nitrogens with two attached hydrogens (primary N) is 1. The lowest BCUT2D eigenvalue weighted by Gasteiger charge is -2.11. The zero-order chi connectivity index (χ0) is 25.9. The predicted molar refractivity (Wildman–Crippen MR) is 138 cm³/mol. The van der Waals surface area contributed by atoms with Crippen molar-refractivity contribution in [2.45, 2.75) is 34.3 Å². The van der Waals surface area contributed by atoms with Crippen molar-refractivity contribution in [1.82, 2.24) is 5.32 Å². The first-order chi connectivity index (χ1) is 16.3. The molecule has 0 saturated heterocycles. The number of benzene rings is 2. The SMILES string of the molecule is CC.CNC=O.CO/N=C(/C)c1cccc(C)c1CO/N=C/C(N)=C/C(=O)c1ccc(Cl)cc1. The van der Waals surface area contributed by atoms with E-state index in [-0.39, 0.29) is 18.1 Å². The molecule has 1 amide bonds. The molecular formula is C25H33ClN4O4. The van der Waals surface area contributed by atoms with E-state index in [1.807, 2.05) is 45.9 Å². The zero-order valence-electron chi connectivity index (χ0n) is 20.5. The standard InChI is InChI=1S/C21H22ClN3O3.C2H5NO.C2H6/c1-14-5-4-6-19(15(2)25-27-3)20(14)13-28-24-12-18(23)11-21(26)16-7-9-17(22)10-8-16;1-3-2-4;1-2/h4-12H,13,23H2,1-3H3;2H,1H3,(H,3,4);1-2H3/b18-11-,24-12+,25-15-;;. The molecule has 9 heteroatoms. The van der Waals surface area contributed by atoms with Crippen LogP contribution in [0.1, 0.15) is 47.8 Å². The monoisotopic (exact) mass is 488 g/mol. The largest absolute Gasteiger partial charge is 0.399 e. The maximum absolute atomic E-state index is 12.1. The molecule has 0 aliphatic rings. The normalized spacial score (nSPS) is 10.9. The average Bonchev–Trinajstić information content (AvgIpc) is 2.84. The summed E-state index contributed by atoms with van der Waals surface area (Å²) in [6, 6.07) is 12.4. The Bertz CT molecular complexity index is 987. The van der Waals surface area contributed by atoms with Gasteiger partial charge in [-0.2, -0.15) is 0 Å². The van der Waals surface area contributed by atoms with Crippen LogP contribution in [0.3, 0.4) is 0 Å². The Morgan fingerprint density at radius 1 is 1.18 bits per heavy atom. The maximum Gasteiger partial charge on any atom is 0.206 e. The summed E-state index contributed by atoms with van der Waals surface area (Å²) < 4.78 is 0. The Labute approximate surface area is 206 Å². The van der Waals surface area contributed by atoms with Gasteiger partial charge in [0.15, 0.2) is 5.78 Å². The third kappa shape index (κ3) is 11.3. The molecule has 8 nitrogen and oxygen atoms in total. The van der Waals surface area contributed by atoms with Crippen molar-refractivity contribution in [3.8, 4) is 0 Å². The number of halogens is 1. The van der Waals surface area contributed by atoms with Gasteiger partial charge in [0.05, 0.1) is 17.6 Å². The molecule has 2 aromatic rings. The molecule has 0 saturated carbocycles. The van der Waals surface area contributed by atoms with Crippen molar-refractivity contribution in [2.24, 2.45) is 16.0 Å². The fourth-order valence-electron chi connectivity index (χ4n) is 2.51. The molecule has 0 unspecified atom stereocenters. The molecule has 0 radical (unpaired) electrons. The van der Waals surface area contributed by atoms with Gasteiger partial charge in [0.2, 0.25) is 6.41 Å². The number of nitrogens with zero attached hydrogens (tertiary/aromatic N) is 2. The molecule has 0 atom stereocenters. The van der Waals surface area contributed by atoms with Crippen LogP contribution in [-0.2, 0) is 21.1 Å². The second kappa shape index (κ2) is 17.9. The number of allylic oxidation sites excluding steroid dienone is 2. The first kappa shape index (κ1) is 30.4. The first-order valence-electron chi connectivity index (χ1n) is 10.5. The molecule has 2 rings (SSSR count). The van der Waals surface area contributed by atoms with Gasteiger partial charge >= 0.3 is 0 Å². The van der Waals surface area contributed by atoms with Crippen LogP contribution in [0, 0.1) is 6.92 Å². The highest BCUT2D eigenvalue weighted by Crippen LogP contribution is 2.17. The second-order valence-electron chi connectivity index (χ2n) is 6.39.